The number of benzene rings is 1. The average molecular weight is 425 g/mol. The van der Waals surface area contributed by atoms with Crippen LogP contribution >= 0.6 is 11.6 Å². The number of hydrogen-bond donors (Lipinski definition) is 1. The molecule has 0 unspecified atom stereocenters. The molecule has 1 aliphatic rings. The summed E-state index contributed by atoms with van der Waals surface area (Å²) >= 11 is 5.84. The summed E-state index contributed by atoms with van der Waals surface area (Å²) < 4.78 is 0. The van der Waals surface area contributed by atoms with Crippen molar-refractivity contribution >= 4 is 17.9 Å². The fourth-order valence-electron chi connectivity index (χ4n) is 3.24. The molecule has 0 amide bonds. The van der Waals surface area contributed by atoms with Crippen molar-refractivity contribution in [2.24, 2.45) is 0 Å². The third-order valence-corrected chi connectivity index (χ3v) is 5.01. The molecule has 5 nitrogen and oxygen atoms in total. The summed E-state index contributed by atoms with van der Waals surface area (Å²) in [5, 5.41) is 7.51. The Bertz CT molecular complexity index is 936. The van der Waals surface area contributed by atoms with E-state index in [2.05, 4.69) is 45.8 Å². The summed E-state index contributed by atoms with van der Waals surface area (Å²) in [4.78, 5) is 16.8. The number of pyridine rings is 1. The van der Waals surface area contributed by atoms with Gasteiger partial charge in [-0.25, -0.2) is 0 Å². The SMILES string of the molecule is C=CC.CN1CC[C@H](c2ccc(Cl)cc2)C1.Cc1cnccc1-c1cc(C=O)[nH]n1. The Morgan fingerprint density at radius 1 is 1.27 bits per heavy atom. The zero-order chi connectivity index (χ0) is 21.9. The highest BCUT2D eigenvalue weighted by Gasteiger charge is 2.20. The second kappa shape index (κ2) is 12.1. The lowest BCUT2D eigenvalue weighted by atomic mass is 9.99. The van der Waals surface area contributed by atoms with E-state index in [0.29, 0.717) is 11.6 Å². The van der Waals surface area contributed by atoms with E-state index in [0.717, 1.165) is 28.1 Å². The highest BCUT2D eigenvalue weighted by molar-refractivity contribution is 6.30. The fourth-order valence-corrected chi connectivity index (χ4v) is 3.36. The summed E-state index contributed by atoms with van der Waals surface area (Å²) in [5.41, 5.74) is 4.71. The Labute approximate surface area is 183 Å². The molecule has 4 rings (SSSR count). The van der Waals surface area contributed by atoms with Gasteiger partial charge in [-0.2, -0.15) is 5.10 Å². The number of allylic oxidation sites excluding steroid dienone is 1. The molecule has 3 heterocycles. The molecule has 1 N–H and O–H groups in total. The van der Waals surface area contributed by atoms with Crippen molar-refractivity contribution in [3.63, 3.8) is 0 Å². The van der Waals surface area contributed by atoms with Gasteiger partial charge in [0, 0.05) is 29.5 Å². The van der Waals surface area contributed by atoms with Crippen LogP contribution in [0, 0.1) is 6.92 Å². The zero-order valence-corrected chi connectivity index (χ0v) is 18.6. The predicted octanol–water partition coefficient (Wildman–Crippen LogP) is 5.54. The van der Waals surface area contributed by atoms with Crippen molar-refractivity contribution in [3.8, 4) is 11.3 Å². The minimum absolute atomic E-state index is 0.483. The van der Waals surface area contributed by atoms with Crippen LogP contribution in [0.5, 0.6) is 0 Å². The van der Waals surface area contributed by atoms with Crippen LogP contribution in [0.4, 0.5) is 0 Å². The molecule has 2 aromatic heterocycles. The Hall–Kier alpha value is -2.76. The number of H-pyrrole nitrogens is 1. The molecule has 6 heteroatoms. The van der Waals surface area contributed by atoms with Crippen molar-refractivity contribution in [1.82, 2.24) is 20.1 Å². The molecule has 3 aromatic rings. The van der Waals surface area contributed by atoms with Gasteiger partial charge in [0.15, 0.2) is 6.29 Å². The summed E-state index contributed by atoms with van der Waals surface area (Å²) in [7, 11) is 2.18. The van der Waals surface area contributed by atoms with Crippen LogP contribution in [-0.2, 0) is 0 Å². The molecule has 0 spiro atoms. The Balaban J connectivity index is 0.000000190. The molecule has 1 fully saturated rings. The first kappa shape index (κ1) is 23.5. The Kier molecular flexibility index (Phi) is 9.45. The maximum atomic E-state index is 10.5. The van der Waals surface area contributed by atoms with Gasteiger partial charge in [-0.15, -0.1) is 6.58 Å². The van der Waals surface area contributed by atoms with Gasteiger partial charge >= 0.3 is 0 Å². The molecule has 1 saturated heterocycles. The molecule has 0 saturated carbocycles. The molecule has 0 radical (unpaired) electrons. The first-order chi connectivity index (χ1) is 14.5. The van der Waals surface area contributed by atoms with E-state index >= 15 is 0 Å². The van der Waals surface area contributed by atoms with E-state index in [4.69, 9.17) is 11.6 Å². The summed E-state index contributed by atoms with van der Waals surface area (Å²) in [6.45, 7) is 9.60. The van der Waals surface area contributed by atoms with Crippen molar-refractivity contribution in [3.05, 3.63) is 83.3 Å². The monoisotopic (exact) mass is 424 g/mol. The van der Waals surface area contributed by atoms with Crippen LogP contribution in [0.15, 0.2) is 61.4 Å². The topological polar surface area (TPSA) is 61.9 Å². The lowest BCUT2D eigenvalue weighted by Gasteiger charge is -2.10. The largest absolute Gasteiger partial charge is 0.306 e. The number of rotatable bonds is 3. The number of aromatic nitrogens is 3. The molecule has 1 atom stereocenters. The number of halogens is 1. The molecule has 1 aliphatic heterocycles. The molecule has 158 valence electrons. The summed E-state index contributed by atoms with van der Waals surface area (Å²) in [6.07, 6.45) is 7.24. The van der Waals surface area contributed by atoms with Crippen molar-refractivity contribution < 1.29 is 4.79 Å². The smallest absolute Gasteiger partial charge is 0.167 e. The van der Waals surface area contributed by atoms with Crippen molar-refractivity contribution in [2.45, 2.75) is 26.2 Å². The van der Waals surface area contributed by atoms with Crippen LogP contribution in [-0.4, -0.2) is 46.5 Å². The van der Waals surface area contributed by atoms with Crippen LogP contribution in [0.3, 0.4) is 0 Å². The minimum Gasteiger partial charge on any atom is -0.306 e. The number of carbonyl (C=O) groups excluding carboxylic acids is 1. The lowest BCUT2D eigenvalue weighted by Crippen LogP contribution is -2.13. The van der Waals surface area contributed by atoms with Crippen LogP contribution in [0.1, 0.15) is 40.9 Å². The van der Waals surface area contributed by atoms with Gasteiger partial charge in [0.1, 0.15) is 0 Å². The number of likely N-dealkylation sites (N-methyl/N-ethyl adjacent to an activating group) is 1. The molecular formula is C24H29ClN4O. The Morgan fingerprint density at radius 3 is 2.50 bits per heavy atom. The summed E-state index contributed by atoms with van der Waals surface area (Å²) in [5.74, 6) is 0.710. The maximum absolute atomic E-state index is 10.5. The molecule has 1 aromatic carbocycles. The van der Waals surface area contributed by atoms with Gasteiger partial charge in [-0.05, 0) is 75.2 Å². The Morgan fingerprint density at radius 2 is 1.97 bits per heavy atom. The number of carbonyl (C=O) groups is 1. The van der Waals surface area contributed by atoms with Crippen LogP contribution in [0.2, 0.25) is 5.02 Å². The number of aldehydes is 1. The fraction of sp³-hybridized carbons (Fsp3) is 0.292. The molecule has 30 heavy (non-hydrogen) atoms. The van der Waals surface area contributed by atoms with E-state index in [1.54, 1.807) is 24.5 Å². The third kappa shape index (κ3) is 6.94. The van der Waals surface area contributed by atoms with Gasteiger partial charge in [-0.1, -0.05) is 29.8 Å². The zero-order valence-electron chi connectivity index (χ0n) is 17.8. The van der Waals surface area contributed by atoms with Gasteiger partial charge in [0.2, 0.25) is 0 Å². The van der Waals surface area contributed by atoms with Crippen molar-refractivity contribution in [1.29, 1.82) is 0 Å². The number of hydrogen-bond acceptors (Lipinski definition) is 4. The number of nitrogens with one attached hydrogen (secondary N) is 1. The highest BCUT2D eigenvalue weighted by Crippen LogP contribution is 2.26. The second-order valence-electron chi connectivity index (χ2n) is 7.22. The second-order valence-corrected chi connectivity index (χ2v) is 7.66. The summed E-state index contributed by atoms with van der Waals surface area (Å²) in [6, 6.07) is 11.8. The first-order valence-corrected chi connectivity index (χ1v) is 10.3. The van der Waals surface area contributed by atoms with Gasteiger partial charge in [-0.3, -0.25) is 14.9 Å². The minimum atomic E-state index is 0.483. The molecule has 0 bridgehead atoms. The van der Waals surface area contributed by atoms with E-state index < -0.39 is 0 Å². The quantitative estimate of drug-likeness (QED) is 0.442. The highest BCUT2D eigenvalue weighted by atomic mass is 35.5. The van der Waals surface area contributed by atoms with E-state index in [-0.39, 0.29) is 0 Å². The maximum Gasteiger partial charge on any atom is 0.167 e. The third-order valence-electron chi connectivity index (χ3n) is 4.75. The van der Waals surface area contributed by atoms with Gasteiger partial charge < -0.3 is 4.90 Å². The average Bonchev–Trinajstić information content (AvgIpc) is 3.39. The molecule has 0 aliphatic carbocycles. The predicted molar refractivity (Wildman–Crippen MR) is 124 cm³/mol. The van der Waals surface area contributed by atoms with Gasteiger partial charge in [0.25, 0.3) is 0 Å². The van der Waals surface area contributed by atoms with Crippen LogP contribution in [0.25, 0.3) is 11.3 Å². The normalized spacial score (nSPS) is 15.4. The van der Waals surface area contributed by atoms with Crippen molar-refractivity contribution in [2.75, 3.05) is 20.1 Å². The number of nitrogens with zero attached hydrogens (tertiary/aromatic N) is 3. The van der Waals surface area contributed by atoms with E-state index in [9.17, 15) is 4.79 Å². The van der Waals surface area contributed by atoms with E-state index in [1.807, 2.05) is 32.0 Å². The number of aryl methyl sites for hydroxylation is 1. The van der Waals surface area contributed by atoms with E-state index in [1.165, 1.54) is 25.1 Å². The number of aromatic amines is 1. The number of likely N-dealkylation sites (tertiary alicyclic amines) is 1. The lowest BCUT2D eigenvalue weighted by molar-refractivity contribution is 0.111. The van der Waals surface area contributed by atoms with Gasteiger partial charge in [0.05, 0.1) is 11.4 Å². The first-order valence-electron chi connectivity index (χ1n) is 9.91. The van der Waals surface area contributed by atoms with Crippen LogP contribution < -0.4 is 0 Å². The molecular weight excluding hydrogens is 396 g/mol. The standard InChI is InChI=1S/C11H14ClN.C10H9N3O.C3H6/c1-13-7-6-10(8-13)9-2-4-11(12)5-3-9;1-7-5-11-3-2-9(7)10-4-8(6-14)12-13-10;1-3-2/h2-5,10H,6-8H2,1H3;2-6H,1H3,(H,12,13);3H,1H2,2H3/t10-;;/m0../s1.